The predicted molar refractivity (Wildman–Crippen MR) is 114 cm³/mol. The predicted octanol–water partition coefficient (Wildman–Crippen LogP) is 5.15. The standard InChI is InChI=1S/C26H23NO2/c28-25-23-21(18-10-4-1-5-11-18)16-17-22(19-12-6-2-7-13-19)24(23)26(29)27(25)20-14-8-3-9-15-20/h1-15,21-24H,16-17H2/t21-,22-,23-,24+/m0/s1. The van der Waals surface area contributed by atoms with Gasteiger partial charge in [-0.2, -0.15) is 0 Å². The zero-order valence-corrected chi connectivity index (χ0v) is 16.1. The molecule has 3 aromatic carbocycles. The molecule has 0 aromatic heterocycles. The van der Waals surface area contributed by atoms with Gasteiger partial charge >= 0.3 is 0 Å². The highest BCUT2D eigenvalue weighted by Crippen LogP contribution is 2.53. The molecule has 2 fully saturated rings. The SMILES string of the molecule is O=C1[C@@H]2[C@H](C(=O)N1c1ccccc1)[C@H](c1ccccc1)CC[C@H]2c1ccccc1. The van der Waals surface area contributed by atoms with E-state index in [4.69, 9.17) is 0 Å². The summed E-state index contributed by atoms with van der Waals surface area (Å²) in [6.45, 7) is 0. The van der Waals surface area contributed by atoms with E-state index >= 15 is 0 Å². The fraction of sp³-hybridized carbons (Fsp3) is 0.231. The molecule has 1 saturated heterocycles. The van der Waals surface area contributed by atoms with Crippen LogP contribution in [0.1, 0.15) is 35.8 Å². The molecule has 1 aliphatic heterocycles. The Balaban J connectivity index is 1.60. The maximum Gasteiger partial charge on any atom is 0.238 e. The first-order chi connectivity index (χ1) is 14.3. The van der Waals surface area contributed by atoms with Crippen LogP contribution in [0.15, 0.2) is 91.0 Å². The number of para-hydroxylation sites is 1. The van der Waals surface area contributed by atoms with Gasteiger partial charge in [0, 0.05) is 0 Å². The third-order valence-electron chi connectivity index (χ3n) is 6.52. The molecule has 0 radical (unpaired) electrons. The van der Waals surface area contributed by atoms with Crippen LogP contribution in [-0.4, -0.2) is 11.8 Å². The van der Waals surface area contributed by atoms with Crippen molar-refractivity contribution in [2.24, 2.45) is 11.8 Å². The number of carbonyl (C=O) groups is 2. The minimum absolute atomic E-state index is 0.0549. The molecule has 1 heterocycles. The number of fused-ring (bicyclic) bond motifs is 1. The molecule has 5 rings (SSSR count). The molecule has 0 unspecified atom stereocenters. The Morgan fingerprint density at radius 2 is 0.931 bits per heavy atom. The van der Waals surface area contributed by atoms with Gasteiger partial charge in [-0.3, -0.25) is 14.5 Å². The summed E-state index contributed by atoms with van der Waals surface area (Å²) in [7, 11) is 0. The molecule has 1 saturated carbocycles. The Labute approximate surface area is 171 Å². The van der Waals surface area contributed by atoms with Crippen LogP contribution in [0, 0.1) is 11.8 Å². The summed E-state index contributed by atoms with van der Waals surface area (Å²) in [4.78, 5) is 28.7. The van der Waals surface area contributed by atoms with E-state index in [0.717, 1.165) is 24.0 Å². The summed E-state index contributed by atoms with van der Waals surface area (Å²) in [5, 5.41) is 0. The molecule has 1 aliphatic carbocycles. The minimum Gasteiger partial charge on any atom is -0.274 e. The molecular weight excluding hydrogens is 358 g/mol. The number of rotatable bonds is 3. The van der Waals surface area contributed by atoms with Crippen molar-refractivity contribution in [3.63, 3.8) is 0 Å². The number of nitrogens with zero attached hydrogens (tertiary/aromatic N) is 1. The Morgan fingerprint density at radius 1 is 0.552 bits per heavy atom. The number of amides is 2. The van der Waals surface area contributed by atoms with Crippen molar-refractivity contribution < 1.29 is 9.59 Å². The molecule has 144 valence electrons. The summed E-state index contributed by atoms with van der Waals surface area (Å²) in [5.41, 5.74) is 2.99. The van der Waals surface area contributed by atoms with Crippen molar-refractivity contribution in [2.45, 2.75) is 24.7 Å². The van der Waals surface area contributed by atoms with Gasteiger partial charge in [-0.25, -0.2) is 0 Å². The van der Waals surface area contributed by atoms with Gasteiger partial charge in [-0.15, -0.1) is 0 Å². The van der Waals surface area contributed by atoms with Crippen LogP contribution in [0.4, 0.5) is 5.69 Å². The number of imide groups is 1. The first-order valence-electron chi connectivity index (χ1n) is 10.3. The average Bonchev–Trinajstić information content (AvgIpc) is 3.06. The molecular formula is C26H23NO2. The van der Waals surface area contributed by atoms with Gasteiger partial charge in [-0.1, -0.05) is 78.9 Å². The Hall–Kier alpha value is -3.20. The lowest BCUT2D eigenvalue weighted by atomic mass is 9.64. The van der Waals surface area contributed by atoms with Gasteiger partial charge in [-0.05, 0) is 47.9 Å². The summed E-state index contributed by atoms with van der Waals surface area (Å²) < 4.78 is 0. The van der Waals surface area contributed by atoms with E-state index in [2.05, 4.69) is 24.3 Å². The highest BCUT2D eigenvalue weighted by molar-refractivity contribution is 6.22. The molecule has 29 heavy (non-hydrogen) atoms. The second-order valence-electron chi connectivity index (χ2n) is 8.01. The molecule has 2 aliphatic rings. The summed E-state index contributed by atoms with van der Waals surface area (Å²) in [6, 6.07) is 29.8. The second-order valence-corrected chi connectivity index (χ2v) is 8.01. The van der Waals surface area contributed by atoms with Crippen molar-refractivity contribution in [3.05, 3.63) is 102 Å². The number of hydrogen-bond acceptors (Lipinski definition) is 2. The van der Waals surface area contributed by atoms with Crippen LogP contribution in [0.2, 0.25) is 0 Å². The lowest BCUT2D eigenvalue weighted by molar-refractivity contribution is -0.122. The van der Waals surface area contributed by atoms with Crippen LogP contribution in [0.5, 0.6) is 0 Å². The highest BCUT2D eigenvalue weighted by atomic mass is 16.2. The van der Waals surface area contributed by atoms with Gasteiger partial charge in [0.05, 0.1) is 17.5 Å². The summed E-state index contributed by atoms with van der Waals surface area (Å²) >= 11 is 0. The fourth-order valence-corrected chi connectivity index (χ4v) is 5.26. The first-order valence-corrected chi connectivity index (χ1v) is 10.3. The molecule has 3 heteroatoms. The largest absolute Gasteiger partial charge is 0.274 e. The van der Waals surface area contributed by atoms with E-state index in [1.54, 1.807) is 0 Å². The number of hydrogen-bond donors (Lipinski definition) is 0. The first kappa shape index (κ1) is 17.9. The molecule has 3 aromatic rings. The number of benzene rings is 3. The van der Waals surface area contributed by atoms with Crippen LogP contribution >= 0.6 is 0 Å². The fourth-order valence-electron chi connectivity index (χ4n) is 5.26. The molecule has 2 amide bonds. The highest BCUT2D eigenvalue weighted by Gasteiger charge is 2.56. The normalized spacial score (nSPS) is 26.4. The molecule has 0 N–H and O–H groups in total. The van der Waals surface area contributed by atoms with E-state index < -0.39 is 0 Å². The average molecular weight is 381 g/mol. The number of anilines is 1. The van der Waals surface area contributed by atoms with E-state index in [9.17, 15) is 9.59 Å². The Bertz CT molecular complexity index is 951. The van der Waals surface area contributed by atoms with E-state index in [0.29, 0.717) is 5.69 Å². The van der Waals surface area contributed by atoms with E-state index in [-0.39, 0.29) is 35.5 Å². The van der Waals surface area contributed by atoms with Crippen molar-refractivity contribution in [1.82, 2.24) is 0 Å². The topological polar surface area (TPSA) is 37.4 Å². The van der Waals surface area contributed by atoms with Gasteiger partial charge < -0.3 is 0 Å². The van der Waals surface area contributed by atoms with Crippen LogP contribution < -0.4 is 4.90 Å². The summed E-state index contributed by atoms with van der Waals surface area (Å²) in [5.74, 6) is -0.591. The quantitative estimate of drug-likeness (QED) is 0.588. The van der Waals surface area contributed by atoms with Crippen molar-refractivity contribution in [1.29, 1.82) is 0 Å². The van der Waals surface area contributed by atoms with Crippen molar-refractivity contribution in [2.75, 3.05) is 4.90 Å². The molecule has 3 nitrogen and oxygen atoms in total. The van der Waals surface area contributed by atoms with E-state index in [1.807, 2.05) is 66.7 Å². The van der Waals surface area contributed by atoms with E-state index in [1.165, 1.54) is 4.90 Å². The van der Waals surface area contributed by atoms with Crippen LogP contribution in [0.25, 0.3) is 0 Å². The van der Waals surface area contributed by atoms with Gasteiger partial charge in [0.25, 0.3) is 0 Å². The lowest BCUT2D eigenvalue weighted by Crippen LogP contribution is -2.34. The minimum atomic E-state index is -0.316. The van der Waals surface area contributed by atoms with Crippen LogP contribution in [-0.2, 0) is 9.59 Å². The third kappa shape index (κ3) is 2.98. The van der Waals surface area contributed by atoms with Gasteiger partial charge in [0.1, 0.15) is 0 Å². The van der Waals surface area contributed by atoms with Crippen LogP contribution in [0.3, 0.4) is 0 Å². The van der Waals surface area contributed by atoms with Crippen molar-refractivity contribution in [3.8, 4) is 0 Å². The Kier molecular flexibility index (Phi) is 4.51. The van der Waals surface area contributed by atoms with Gasteiger partial charge in [0.15, 0.2) is 0 Å². The maximum atomic E-state index is 13.6. The zero-order valence-electron chi connectivity index (χ0n) is 16.1. The zero-order chi connectivity index (χ0) is 19.8. The monoisotopic (exact) mass is 381 g/mol. The van der Waals surface area contributed by atoms with Crippen molar-refractivity contribution >= 4 is 17.5 Å². The number of carbonyl (C=O) groups excluding carboxylic acids is 2. The maximum absolute atomic E-state index is 13.6. The lowest BCUT2D eigenvalue weighted by Gasteiger charge is -2.37. The summed E-state index contributed by atoms with van der Waals surface area (Å²) in [6.07, 6.45) is 1.82. The third-order valence-corrected chi connectivity index (χ3v) is 6.52. The molecule has 0 bridgehead atoms. The second kappa shape index (κ2) is 7.32. The smallest absolute Gasteiger partial charge is 0.238 e. The molecule has 0 spiro atoms. The Morgan fingerprint density at radius 3 is 1.34 bits per heavy atom. The van der Waals surface area contributed by atoms with Gasteiger partial charge in [0.2, 0.25) is 11.8 Å². The molecule has 4 atom stereocenters.